The molecule has 1 saturated heterocycles. The Morgan fingerprint density at radius 2 is 1.63 bits per heavy atom. The molecule has 1 aliphatic carbocycles. The highest BCUT2D eigenvalue weighted by Gasteiger charge is 2.42. The molecule has 2 aromatic rings. The summed E-state index contributed by atoms with van der Waals surface area (Å²) in [6.45, 7) is 8.03. The van der Waals surface area contributed by atoms with Crippen LogP contribution in [0.15, 0.2) is 48.5 Å². The third kappa shape index (κ3) is 4.90. The van der Waals surface area contributed by atoms with Crippen LogP contribution >= 0.6 is 0 Å². The Labute approximate surface area is 206 Å². The van der Waals surface area contributed by atoms with Crippen LogP contribution in [0, 0.1) is 11.3 Å². The molecule has 35 heavy (non-hydrogen) atoms. The van der Waals surface area contributed by atoms with Crippen molar-refractivity contribution in [3.63, 3.8) is 0 Å². The number of likely N-dealkylation sites (tertiary alicyclic amines) is 1. The average molecular weight is 479 g/mol. The molecule has 2 aromatic carbocycles. The van der Waals surface area contributed by atoms with E-state index in [2.05, 4.69) is 29.6 Å². The van der Waals surface area contributed by atoms with Gasteiger partial charge in [-0.3, -0.25) is 9.59 Å². The first-order valence-corrected chi connectivity index (χ1v) is 12.2. The van der Waals surface area contributed by atoms with Crippen molar-refractivity contribution in [1.29, 1.82) is 0 Å². The van der Waals surface area contributed by atoms with Gasteiger partial charge in [-0.05, 0) is 47.4 Å². The summed E-state index contributed by atoms with van der Waals surface area (Å²) < 4.78 is 5.67. The summed E-state index contributed by atoms with van der Waals surface area (Å²) in [5, 5.41) is 12.3. The molecule has 1 aliphatic heterocycles. The standard InChI is InChI=1S/C28H34N2O5/c1-17-18(26(32)33)14-9-15-30(17)25(31)24(28(2,3)4)29-27(34)35-16-23-21-12-7-5-10-19(21)20-11-6-8-13-22(20)23/h5-8,10-13,17-18,23-24H,9,14-16H2,1-4H3,(H,29,34)(H,32,33)/t17-,18-,24?/m0/s1. The van der Waals surface area contributed by atoms with Crippen LogP contribution in [-0.2, 0) is 14.3 Å². The predicted molar refractivity (Wildman–Crippen MR) is 133 cm³/mol. The van der Waals surface area contributed by atoms with Gasteiger partial charge in [0.1, 0.15) is 12.6 Å². The number of amides is 2. The Morgan fingerprint density at radius 3 is 2.17 bits per heavy atom. The number of nitrogens with zero attached hydrogens (tertiary/aromatic N) is 1. The second kappa shape index (κ2) is 9.72. The number of carbonyl (C=O) groups is 3. The molecule has 7 nitrogen and oxygen atoms in total. The van der Waals surface area contributed by atoms with Gasteiger partial charge >= 0.3 is 12.1 Å². The summed E-state index contributed by atoms with van der Waals surface area (Å²) in [4.78, 5) is 39.7. The number of alkyl carbamates (subject to hydrolysis) is 1. The number of nitrogens with one attached hydrogen (secondary N) is 1. The summed E-state index contributed by atoms with van der Waals surface area (Å²) in [5.41, 5.74) is 3.94. The molecule has 186 valence electrons. The van der Waals surface area contributed by atoms with E-state index in [0.717, 1.165) is 22.3 Å². The largest absolute Gasteiger partial charge is 0.481 e. The van der Waals surface area contributed by atoms with E-state index in [1.54, 1.807) is 11.8 Å². The molecule has 1 fully saturated rings. The number of ether oxygens (including phenoxy) is 1. The van der Waals surface area contributed by atoms with Crippen LogP contribution in [0.3, 0.4) is 0 Å². The highest BCUT2D eigenvalue weighted by molar-refractivity contribution is 5.87. The van der Waals surface area contributed by atoms with Crippen molar-refractivity contribution in [2.45, 2.75) is 58.5 Å². The third-order valence-electron chi connectivity index (χ3n) is 7.31. The van der Waals surface area contributed by atoms with Gasteiger partial charge in [-0.15, -0.1) is 0 Å². The van der Waals surface area contributed by atoms with Crippen LogP contribution in [-0.4, -0.2) is 53.2 Å². The fourth-order valence-electron chi connectivity index (χ4n) is 5.36. The zero-order valence-electron chi connectivity index (χ0n) is 20.8. The molecule has 1 unspecified atom stereocenters. The van der Waals surface area contributed by atoms with E-state index >= 15 is 0 Å². The van der Waals surface area contributed by atoms with Crippen molar-refractivity contribution in [3.8, 4) is 11.1 Å². The number of benzene rings is 2. The van der Waals surface area contributed by atoms with Crippen molar-refractivity contribution in [2.24, 2.45) is 11.3 Å². The Kier molecular flexibility index (Phi) is 6.88. The maximum atomic E-state index is 13.5. The molecule has 1 heterocycles. The molecule has 0 saturated carbocycles. The molecular weight excluding hydrogens is 444 g/mol. The van der Waals surface area contributed by atoms with Crippen LogP contribution in [0.2, 0.25) is 0 Å². The van der Waals surface area contributed by atoms with Gasteiger partial charge < -0.3 is 20.1 Å². The molecule has 4 rings (SSSR count). The SMILES string of the molecule is C[C@H]1[C@@H](C(=O)O)CCCN1C(=O)C(NC(=O)OCC1c2ccccc2-c2ccccc21)C(C)(C)C. The van der Waals surface area contributed by atoms with Crippen molar-refractivity contribution in [3.05, 3.63) is 59.7 Å². The highest BCUT2D eigenvalue weighted by atomic mass is 16.5. The van der Waals surface area contributed by atoms with E-state index in [9.17, 15) is 19.5 Å². The topological polar surface area (TPSA) is 95.9 Å². The van der Waals surface area contributed by atoms with Crippen molar-refractivity contribution in [1.82, 2.24) is 10.2 Å². The second-order valence-electron chi connectivity index (χ2n) is 10.6. The van der Waals surface area contributed by atoms with Crippen LogP contribution in [0.4, 0.5) is 4.79 Å². The molecule has 0 spiro atoms. The number of carboxylic acid groups (broad SMARTS) is 1. The summed E-state index contributed by atoms with van der Waals surface area (Å²) in [6, 6.07) is 14.9. The molecule has 2 aliphatic rings. The molecular formula is C28H34N2O5. The van der Waals surface area contributed by atoms with Crippen molar-refractivity contribution >= 4 is 18.0 Å². The Hall–Kier alpha value is -3.35. The molecule has 7 heteroatoms. The first-order chi connectivity index (χ1) is 16.6. The van der Waals surface area contributed by atoms with Gasteiger partial charge in [0.2, 0.25) is 5.91 Å². The predicted octanol–water partition coefficient (Wildman–Crippen LogP) is 4.65. The minimum Gasteiger partial charge on any atom is -0.481 e. The lowest BCUT2D eigenvalue weighted by Crippen LogP contribution is -2.59. The molecule has 2 N–H and O–H groups in total. The van der Waals surface area contributed by atoms with Crippen molar-refractivity contribution < 1.29 is 24.2 Å². The first-order valence-electron chi connectivity index (χ1n) is 12.2. The lowest BCUT2D eigenvalue weighted by atomic mass is 9.83. The Balaban J connectivity index is 1.47. The third-order valence-corrected chi connectivity index (χ3v) is 7.31. The molecule has 0 radical (unpaired) electrons. The number of rotatable bonds is 5. The van der Waals surface area contributed by atoms with Gasteiger partial charge in [0, 0.05) is 18.5 Å². The zero-order chi connectivity index (χ0) is 25.3. The number of carboxylic acids is 1. The summed E-state index contributed by atoms with van der Waals surface area (Å²) in [7, 11) is 0. The number of aliphatic carboxylic acids is 1. The van der Waals surface area contributed by atoms with Gasteiger partial charge in [-0.25, -0.2) is 4.79 Å². The van der Waals surface area contributed by atoms with Crippen LogP contribution < -0.4 is 5.32 Å². The van der Waals surface area contributed by atoms with E-state index in [4.69, 9.17) is 4.74 Å². The zero-order valence-corrected chi connectivity index (χ0v) is 20.8. The van der Waals surface area contributed by atoms with Gasteiger partial charge in [-0.1, -0.05) is 69.3 Å². The van der Waals surface area contributed by atoms with Gasteiger partial charge in [0.15, 0.2) is 0 Å². The number of hydrogen-bond acceptors (Lipinski definition) is 4. The maximum absolute atomic E-state index is 13.5. The lowest BCUT2D eigenvalue weighted by molar-refractivity contribution is -0.150. The number of piperidine rings is 1. The van der Waals surface area contributed by atoms with Gasteiger partial charge in [0.05, 0.1) is 5.92 Å². The summed E-state index contributed by atoms with van der Waals surface area (Å²) in [6.07, 6.45) is 0.509. The number of hydrogen-bond donors (Lipinski definition) is 2. The van der Waals surface area contributed by atoms with Crippen LogP contribution in [0.5, 0.6) is 0 Å². The minimum atomic E-state index is -0.896. The normalized spacial score (nSPS) is 20.5. The van der Waals surface area contributed by atoms with E-state index in [-0.39, 0.29) is 18.4 Å². The van der Waals surface area contributed by atoms with E-state index in [1.165, 1.54) is 0 Å². The molecule has 2 amide bonds. The van der Waals surface area contributed by atoms with Crippen LogP contribution in [0.1, 0.15) is 57.6 Å². The quantitative estimate of drug-likeness (QED) is 0.652. The van der Waals surface area contributed by atoms with E-state index in [0.29, 0.717) is 19.4 Å². The van der Waals surface area contributed by atoms with E-state index < -0.39 is 35.5 Å². The fraction of sp³-hybridized carbons (Fsp3) is 0.464. The first kappa shape index (κ1) is 24.8. The average Bonchev–Trinajstić information content (AvgIpc) is 3.14. The Bertz CT molecular complexity index is 1080. The van der Waals surface area contributed by atoms with E-state index in [1.807, 2.05) is 45.0 Å². The number of carbonyl (C=O) groups excluding carboxylic acids is 2. The maximum Gasteiger partial charge on any atom is 0.407 e. The van der Waals surface area contributed by atoms with Crippen LogP contribution in [0.25, 0.3) is 11.1 Å². The van der Waals surface area contributed by atoms with Gasteiger partial charge in [0.25, 0.3) is 0 Å². The second-order valence-corrected chi connectivity index (χ2v) is 10.6. The molecule has 0 aromatic heterocycles. The highest BCUT2D eigenvalue weighted by Crippen LogP contribution is 2.44. The Morgan fingerprint density at radius 1 is 1.06 bits per heavy atom. The lowest BCUT2D eigenvalue weighted by Gasteiger charge is -2.41. The molecule has 3 atom stereocenters. The number of fused-ring (bicyclic) bond motifs is 3. The smallest absolute Gasteiger partial charge is 0.407 e. The summed E-state index contributed by atoms with van der Waals surface area (Å²) >= 11 is 0. The molecule has 0 bridgehead atoms. The fourth-order valence-corrected chi connectivity index (χ4v) is 5.36. The van der Waals surface area contributed by atoms with Gasteiger partial charge in [-0.2, -0.15) is 0 Å². The monoisotopic (exact) mass is 478 g/mol. The van der Waals surface area contributed by atoms with Crippen molar-refractivity contribution in [2.75, 3.05) is 13.2 Å². The minimum absolute atomic E-state index is 0.0737. The summed E-state index contributed by atoms with van der Waals surface area (Å²) in [5.74, 6) is -1.85.